The first-order valence-corrected chi connectivity index (χ1v) is 7.96. The lowest BCUT2D eigenvalue weighted by atomic mass is 10.1. The van der Waals surface area contributed by atoms with Crippen molar-refractivity contribution in [3.05, 3.63) is 23.8 Å². The van der Waals surface area contributed by atoms with E-state index in [4.69, 9.17) is 4.74 Å². The number of likely N-dealkylation sites (N-methyl/N-ethyl adjacent to an activating group) is 1. The number of benzene rings is 1. The van der Waals surface area contributed by atoms with Gasteiger partial charge in [-0.3, -0.25) is 0 Å². The number of thioether (sulfide) groups is 1. The molecule has 0 spiro atoms. The molecule has 102 valence electrons. The quantitative estimate of drug-likeness (QED) is 0.773. The Kier molecular flexibility index (Phi) is 5.12. The number of hydrogen-bond acceptors (Lipinski definition) is 4. The second-order valence-corrected chi connectivity index (χ2v) is 5.49. The molecule has 1 aliphatic rings. The Labute approximate surface area is 119 Å². The third-order valence-corrected chi connectivity index (χ3v) is 4.29. The number of rotatable bonds is 5. The molecule has 3 nitrogen and oxygen atoms in total. The van der Waals surface area contributed by atoms with Gasteiger partial charge in [0.2, 0.25) is 0 Å². The van der Waals surface area contributed by atoms with Gasteiger partial charge in [-0.15, -0.1) is 11.8 Å². The predicted molar refractivity (Wildman–Crippen MR) is 79.8 cm³/mol. The van der Waals surface area contributed by atoms with Crippen molar-refractivity contribution in [3.63, 3.8) is 0 Å². The van der Waals surface area contributed by atoms with Gasteiger partial charge in [0.05, 0.1) is 17.4 Å². The van der Waals surface area contributed by atoms with E-state index >= 15 is 0 Å². The Morgan fingerprint density at radius 3 is 2.95 bits per heavy atom. The Hall–Kier alpha value is -1.18. The second-order valence-electron chi connectivity index (χ2n) is 4.64. The van der Waals surface area contributed by atoms with Crippen molar-refractivity contribution < 1.29 is 4.74 Å². The maximum atomic E-state index is 9.41. The van der Waals surface area contributed by atoms with Crippen LogP contribution in [0.5, 0.6) is 0 Å². The zero-order valence-electron chi connectivity index (χ0n) is 11.6. The monoisotopic (exact) mass is 276 g/mol. The number of ether oxygens (including phenoxy) is 1. The molecule has 0 N–H and O–H groups in total. The van der Waals surface area contributed by atoms with E-state index in [0.29, 0.717) is 6.10 Å². The average Bonchev–Trinajstić information content (AvgIpc) is 2.96. The van der Waals surface area contributed by atoms with Crippen LogP contribution < -0.4 is 4.90 Å². The van der Waals surface area contributed by atoms with Gasteiger partial charge >= 0.3 is 0 Å². The van der Waals surface area contributed by atoms with Crippen molar-refractivity contribution in [1.82, 2.24) is 0 Å². The fourth-order valence-corrected chi connectivity index (χ4v) is 3.07. The van der Waals surface area contributed by atoms with E-state index in [1.807, 2.05) is 24.5 Å². The van der Waals surface area contributed by atoms with Crippen molar-refractivity contribution in [2.75, 3.05) is 30.9 Å². The molecule has 0 radical (unpaired) electrons. The Morgan fingerprint density at radius 1 is 1.53 bits per heavy atom. The molecule has 1 aliphatic heterocycles. The highest BCUT2D eigenvalue weighted by Gasteiger charge is 2.20. The largest absolute Gasteiger partial charge is 0.376 e. The molecule has 0 aromatic heterocycles. The molecule has 1 unspecified atom stereocenters. The van der Waals surface area contributed by atoms with Crippen molar-refractivity contribution in [2.24, 2.45) is 0 Å². The lowest BCUT2D eigenvalue weighted by molar-refractivity contribution is 0.115. The zero-order chi connectivity index (χ0) is 13.7. The third kappa shape index (κ3) is 3.23. The number of anilines is 1. The van der Waals surface area contributed by atoms with Gasteiger partial charge in [-0.1, -0.05) is 6.07 Å². The summed E-state index contributed by atoms with van der Waals surface area (Å²) in [5.41, 5.74) is 1.82. The summed E-state index contributed by atoms with van der Waals surface area (Å²) in [6.45, 7) is 4.77. The summed E-state index contributed by atoms with van der Waals surface area (Å²) < 4.78 is 5.71. The molecule has 1 aromatic carbocycles. The van der Waals surface area contributed by atoms with Crippen LogP contribution in [0.2, 0.25) is 0 Å². The topological polar surface area (TPSA) is 36.3 Å². The van der Waals surface area contributed by atoms with E-state index in [1.54, 1.807) is 11.8 Å². The minimum absolute atomic E-state index is 0.310. The summed E-state index contributed by atoms with van der Waals surface area (Å²) in [5.74, 6) is 0. The van der Waals surface area contributed by atoms with Crippen molar-refractivity contribution in [3.8, 4) is 6.07 Å². The Morgan fingerprint density at radius 2 is 2.37 bits per heavy atom. The van der Waals surface area contributed by atoms with Crippen LogP contribution in [0.15, 0.2) is 23.1 Å². The van der Waals surface area contributed by atoms with Gasteiger partial charge < -0.3 is 9.64 Å². The molecular formula is C15H20N2OS. The minimum Gasteiger partial charge on any atom is -0.376 e. The summed E-state index contributed by atoms with van der Waals surface area (Å²) in [4.78, 5) is 3.31. The molecule has 1 heterocycles. The molecule has 0 aliphatic carbocycles. The molecule has 0 amide bonds. The van der Waals surface area contributed by atoms with Gasteiger partial charge in [-0.25, -0.2) is 0 Å². The summed E-state index contributed by atoms with van der Waals surface area (Å²) in [5, 5.41) is 9.41. The van der Waals surface area contributed by atoms with Gasteiger partial charge in [0, 0.05) is 24.6 Å². The molecule has 0 saturated carbocycles. The van der Waals surface area contributed by atoms with Gasteiger partial charge in [0.15, 0.2) is 0 Å². The fraction of sp³-hybridized carbons (Fsp3) is 0.533. The standard InChI is InChI=1S/C15H20N2OS/c1-3-17(11-12-6-5-9-18-12)14-7-4-8-15(19-2)13(14)10-16/h4,7-8,12H,3,5-6,9,11H2,1-2H3. The van der Waals surface area contributed by atoms with Crippen molar-refractivity contribution in [1.29, 1.82) is 5.26 Å². The van der Waals surface area contributed by atoms with E-state index in [1.165, 1.54) is 0 Å². The predicted octanol–water partition coefficient (Wildman–Crippen LogP) is 3.29. The SMILES string of the molecule is CCN(CC1CCCO1)c1cccc(SC)c1C#N. The molecule has 19 heavy (non-hydrogen) atoms. The molecule has 4 heteroatoms. The molecule has 2 rings (SSSR count). The highest BCUT2D eigenvalue weighted by molar-refractivity contribution is 7.98. The highest BCUT2D eigenvalue weighted by Crippen LogP contribution is 2.29. The van der Waals surface area contributed by atoms with Gasteiger partial charge in [-0.2, -0.15) is 5.26 Å². The van der Waals surface area contributed by atoms with Crippen LogP contribution in [0.25, 0.3) is 0 Å². The normalized spacial score (nSPS) is 18.3. The van der Waals surface area contributed by atoms with Gasteiger partial charge in [0.25, 0.3) is 0 Å². The maximum absolute atomic E-state index is 9.41. The van der Waals surface area contributed by atoms with Crippen LogP contribution in [0.1, 0.15) is 25.3 Å². The van der Waals surface area contributed by atoms with E-state index in [2.05, 4.69) is 17.9 Å². The Balaban J connectivity index is 2.24. The Bertz CT molecular complexity index is 464. The van der Waals surface area contributed by atoms with Crippen molar-refractivity contribution in [2.45, 2.75) is 30.8 Å². The van der Waals surface area contributed by atoms with E-state index in [9.17, 15) is 5.26 Å². The smallest absolute Gasteiger partial charge is 0.103 e. The minimum atomic E-state index is 0.310. The van der Waals surface area contributed by atoms with Crippen LogP contribution in [-0.4, -0.2) is 32.1 Å². The third-order valence-electron chi connectivity index (χ3n) is 3.51. The van der Waals surface area contributed by atoms with Gasteiger partial charge in [0.1, 0.15) is 6.07 Å². The van der Waals surface area contributed by atoms with Gasteiger partial charge in [-0.05, 0) is 38.2 Å². The van der Waals surface area contributed by atoms with Crippen LogP contribution >= 0.6 is 11.8 Å². The first-order valence-electron chi connectivity index (χ1n) is 6.73. The summed E-state index contributed by atoms with van der Waals surface area (Å²) in [6.07, 6.45) is 4.60. The summed E-state index contributed by atoms with van der Waals surface area (Å²) in [6, 6.07) is 8.42. The number of hydrogen-bond donors (Lipinski definition) is 0. The molecule has 1 aromatic rings. The van der Waals surface area contributed by atoms with Crippen molar-refractivity contribution >= 4 is 17.4 Å². The zero-order valence-corrected chi connectivity index (χ0v) is 12.4. The van der Waals surface area contributed by atoms with E-state index in [-0.39, 0.29) is 0 Å². The van der Waals surface area contributed by atoms with E-state index in [0.717, 1.165) is 48.7 Å². The molecule has 0 bridgehead atoms. The van der Waals surface area contributed by atoms with E-state index < -0.39 is 0 Å². The molecular weight excluding hydrogens is 256 g/mol. The summed E-state index contributed by atoms with van der Waals surface area (Å²) in [7, 11) is 0. The molecule has 1 saturated heterocycles. The first kappa shape index (κ1) is 14.2. The lowest BCUT2D eigenvalue weighted by Gasteiger charge is -2.27. The van der Waals surface area contributed by atoms with Crippen LogP contribution in [0.4, 0.5) is 5.69 Å². The summed E-state index contributed by atoms with van der Waals surface area (Å²) >= 11 is 1.62. The fourth-order valence-electron chi connectivity index (χ4n) is 2.50. The molecule has 1 fully saturated rings. The average molecular weight is 276 g/mol. The molecule has 1 atom stereocenters. The number of nitriles is 1. The second kappa shape index (κ2) is 6.83. The van der Waals surface area contributed by atoms with Crippen LogP contribution in [0, 0.1) is 11.3 Å². The maximum Gasteiger partial charge on any atom is 0.103 e. The van der Waals surface area contributed by atoms with Crippen LogP contribution in [0.3, 0.4) is 0 Å². The first-order chi connectivity index (χ1) is 9.30. The van der Waals surface area contributed by atoms with Crippen LogP contribution in [-0.2, 0) is 4.74 Å². The lowest BCUT2D eigenvalue weighted by Crippen LogP contribution is -2.32. The number of nitrogens with zero attached hydrogens (tertiary/aromatic N) is 2. The highest BCUT2D eigenvalue weighted by atomic mass is 32.2.